The van der Waals surface area contributed by atoms with Gasteiger partial charge in [-0.2, -0.15) is 9.97 Å². The van der Waals surface area contributed by atoms with Crippen LogP contribution in [0.1, 0.15) is 33.9 Å². The largest absolute Gasteiger partial charge is 0.497 e. The zero-order valence-corrected chi connectivity index (χ0v) is 34.3. The summed E-state index contributed by atoms with van der Waals surface area (Å²) >= 11 is 0. The normalized spacial score (nSPS) is 12.0. The van der Waals surface area contributed by atoms with E-state index in [0.29, 0.717) is 22.9 Å². The fraction of sp³-hybridized carbons (Fsp3) is 0.180. The van der Waals surface area contributed by atoms with Crippen molar-refractivity contribution in [3.05, 3.63) is 204 Å². The summed E-state index contributed by atoms with van der Waals surface area (Å²) in [6, 6.07) is 56.2. The molecule has 0 radical (unpaired) electrons. The summed E-state index contributed by atoms with van der Waals surface area (Å²) in [6.07, 6.45) is 0.960. The van der Waals surface area contributed by atoms with Gasteiger partial charge in [0.2, 0.25) is 5.95 Å². The molecule has 0 aliphatic heterocycles. The van der Waals surface area contributed by atoms with Crippen LogP contribution in [-0.2, 0) is 21.8 Å². The van der Waals surface area contributed by atoms with Gasteiger partial charge in [-0.3, -0.25) is 9.47 Å². The van der Waals surface area contributed by atoms with Crippen LogP contribution in [0.15, 0.2) is 176 Å². The van der Waals surface area contributed by atoms with Crippen LogP contribution in [0.25, 0.3) is 11.2 Å². The van der Waals surface area contributed by atoms with Crippen LogP contribution in [0, 0.1) is 0 Å². The van der Waals surface area contributed by atoms with E-state index in [-0.39, 0.29) is 26.0 Å². The van der Waals surface area contributed by atoms with E-state index in [4.69, 9.17) is 33.9 Å². The molecule has 308 valence electrons. The first-order valence-corrected chi connectivity index (χ1v) is 20.1. The van der Waals surface area contributed by atoms with Crippen LogP contribution in [0.5, 0.6) is 11.5 Å². The van der Waals surface area contributed by atoms with E-state index in [1.807, 2.05) is 133 Å². The van der Waals surface area contributed by atoms with Gasteiger partial charge in [0.25, 0.3) is 0 Å². The van der Waals surface area contributed by atoms with Gasteiger partial charge in [0.1, 0.15) is 29.9 Å². The highest BCUT2D eigenvalue weighted by Crippen LogP contribution is 2.42. The van der Waals surface area contributed by atoms with Crippen molar-refractivity contribution in [2.45, 2.75) is 24.5 Å². The first-order chi connectivity index (χ1) is 30.1. The molecule has 2 heterocycles. The van der Waals surface area contributed by atoms with Crippen molar-refractivity contribution in [2.75, 3.05) is 44.7 Å². The molecule has 0 amide bonds. The van der Waals surface area contributed by atoms with E-state index in [2.05, 4.69) is 58.7 Å². The molecule has 11 heteroatoms. The van der Waals surface area contributed by atoms with Crippen molar-refractivity contribution in [3.8, 4) is 11.5 Å². The van der Waals surface area contributed by atoms with Crippen molar-refractivity contribution >= 4 is 28.6 Å². The number of aliphatic hydroxyl groups excluding tert-OH is 1. The third-order valence-electron chi connectivity index (χ3n) is 10.7. The summed E-state index contributed by atoms with van der Waals surface area (Å²) < 4.78 is 26.4. The number of nitrogens with one attached hydrogen (secondary N) is 1. The molecule has 1 unspecified atom stereocenters. The molecule has 0 bridgehead atoms. The van der Waals surface area contributed by atoms with Crippen molar-refractivity contribution < 1.29 is 24.1 Å². The molecular weight excluding hydrogens is 765 g/mol. The predicted octanol–water partition coefficient (Wildman–Crippen LogP) is 9.16. The SMILES string of the molecule is CNc1nc(N(c2ccc(OC)cc2)C(c2ccccc2)c2ccccc2)nc2c1ncn2COC(CO)COC(c1ccccc1)(c1ccccc1)c1ccc(OC)cc1. The lowest BCUT2D eigenvalue weighted by Crippen LogP contribution is -2.37. The second-order valence-electron chi connectivity index (χ2n) is 14.4. The van der Waals surface area contributed by atoms with E-state index < -0.39 is 11.7 Å². The molecule has 8 aromatic rings. The number of fused-ring (bicyclic) bond motifs is 1. The van der Waals surface area contributed by atoms with Crippen molar-refractivity contribution in [3.63, 3.8) is 0 Å². The maximum Gasteiger partial charge on any atom is 0.234 e. The monoisotopic (exact) mass is 812 g/mol. The highest BCUT2D eigenvalue weighted by Gasteiger charge is 2.38. The van der Waals surface area contributed by atoms with E-state index in [9.17, 15) is 5.11 Å². The summed E-state index contributed by atoms with van der Waals surface area (Å²) in [4.78, 5) is 17.1. The zero-order valence-electron chi connectivity index (χ0n) is 34.3. The molecule has 8 rings (SSSR count). The van der Waals surface area contributed by atoms with Gasteiger partial charge in [-0.25, -0.2) is 4.98 Å². The number of nitrogens with zero attached hydrogens (tertiary/aromatic N) is 5. The number of ether oxygens (including phenoxy) is 4. The lowest BCUT2D eigenvalue weighted by atomic mass is 9.80. The Morgan fingerprint density at radius 2 is 1.16 bits per heavy atom. The topological polar surface area (TPSA) is 116 Å². The summed E-state index contributed by atoms with van der Waals surface area (Å²) in [7, 11) is 5.12. The third-order valence-corrected chi connectivity index (χ3v) is 10.7. The van der Waals surface area contributed by atoms with E-state index in [1.165, 1.54) is 0 Å². The molecular formula is C50H48N6O5. The fourth-order valence-electron chi connectivity index (χ4n) is 7.67. The summed E-state index contributed by atoms with van der Waals surface area (Å²) in [6.45, 7) is -0.208. The molecule has 2 N–H and O–H groups in total. The smallest absolute Gasteiger partial charge is 0.234 e. The number of rotatable bonds is 18. The highest BCUT2D eigenvalue weighted by molar-refractivity contribution is 5.85. The Balaban J connectivity index is 1.15. The number of anilines is 3. The number of benzene rings is 6. The van der Waals surface area contributed by atoms with Crippen LogP contribution < -0.4 is 19.7 Å². The number of aromatic nitrogens is 4. The van der Waals surface area contributed by atoms with Crippen molar-refractivity contribution in [2.24, 2.45) is 0 Å². The number of hydrogen-bond acceptors (Lipinski definition) is 10. The highest BCUT2D eigenvalue weighted by atomic mass is 16.6. The Labute approximate surface area is 355 Å². The van der Waals surface area contributed by atoms with Crippen molar-refractivity contribution in [1.29, 1.82) is 0 Å². The molecule has 0 spiro atoms. The molecule has 2 aromatic heterocycles. The van der Waals surface area contributed by atoms with Gasteiger partial charge in [0.05, 0.1) is 39.8 Å². The van der Waals surface area contributed by atoms with E-state index in [0.717, 1.165) is 45.0 Å². The number of hydrogen-bond donors (Lipinski definition) is 2. The van der Waals surface area contributed by atoms with Crippen LogP contribution in [0.4, 0.5) is 17.5 Å². The molecule has 0 fully saturated rings. The Kier molecular flexibility index (Phi) is 12.6. The molecule has 11 nitrogen and oxygen atoms in total. The Morgan fingerprint density at radius 3 is 1.67 bits per heavy atom. The standard InChI is InChI=1S/C50H48N6O5/c1-51-47-45-48(54-49(53-47)56(41-26-30-43(59-3)31-27-41)46(36-16-8-4-9-17-36)37-18-10-5-11-19-37)55(34-52-45)35-60-44(32-57)33-61-50(38-20-12-6-13-21-38,39-22-14-7-15-23-39)40-24-28-42(58-2)29-25-40/h4-31,34,44,46,57H,32-33,35H2,1-3H3,(H,51,53,54). The third kappa shape index (κ3) is 8.53. The van der Waals surface area contributed by atoms with Gasteiger partial charge in [0, 0.05) is 12.7 Å². The first-order valence-electron chi connectivity index (χ1n) is 20.1. The number of imidazole rings is 1. The van der Waals surface area contributed by atoms with Gasteiger partial charge in [0.15, 0.2) is 17.0 Å². The predicted molar refractivity (Wildman–Crippen MR) is 238 cm³/mol. The van der Waals surface area contributed by atoms with Crippen LogP contribution in [0.3, 0.4) is 0 Å². The average molecular weight is 813 g/mol. The van der Waals surface area contributed by atoms with Crippen LogP contribution in [0.2, 0.25) is 0 Å². The Hall–Kier alpha value is -7.05. The number of aliphatic hydroxyl groups is 1. The Morgan fingerprint density at radius 1 is 0.656 bits per heavy atom. The maximum atomic E-state index is 10.8. The minimum atomic E-state index is -1.03. The van der Waals surface area contributed by atoms with Gasteiger partial charge >= 0.3 is 0 Å². The molecule has 0 aliphatic rings. The second-order valence-corrected chi connectivity index (χ2v) is 14.4. The van der Waals surface area contributed by atoms with Gasteiger partial charge < -0.3 is 29.4 Å². The molecule has 0 aliphatic carbocycles. The average Bonchev–Trinajstić information content (AvgIpc) is 3.75. The molecule has 0 saturated heterocycles. The van der Waals surface area contributed by atoms with Crippen LogP contribution >= 0.6 is 0 Å². The lowest BCUT2D eigenvalue weighted by molar-refractivity contribution is -0.0970. The summed E-state index contributed by atoms with van der Waals surface area (Å²) in [5, 5.41) is 14.0. The second kappa shape index (κ2) is 18.9. The minimum absolute atomic E-state index is 0.0280. The van der Waals surface area contributed by atoms with E-state index in [1.54, 1.807) is 20.5 Å². The number of methoxy groups -OCH3 is 2. The molecule has 6 aromatic carbocycles. The first kappa shape index (κ1) is 40.7. The maximum absolute atomic E-state index is 10.8. The van der Waals surface area contributed by atoms with Gasteiger partial charge in [-0.1, -0.05) is 133 Å². The Bertz CT molecular complexity index is 2520. The lowest BCUT2D eigenvalue weighted by Gasteiger charge is -2.37. The molecule has 0 saturated carbocycles. The zero-order chi connectivity index (χ0) is 42.0. The molecule has 61 heavy (non-hydrogen) atoms. The quantitative estimate of drug-likeness (QED) is 0.0813. The minimum Gasteiger partial charge on any atom is -0.497 e. The van der Waals surface area contributed by atoms with Gasteiger partial charge in [-0.15, -0.1) is 0 Å². The van der Waals surface area contributed by atoms with E-state index >= 15 is 0 Å². The fourth-order valence-corrected chi connectivity index (χ4v) is 7.67. The van der Waals surface area contributed by atoms with Crippen LogP contribution in [-0.4, -0.2) is 65.2 Å². The van der Waals surface area contributed by atoms with Gasteiger partial charge in [-0.05, 0) is 64.2 Å². The summed E-state index contributed by atoms with van der Waals surface area (Å²) in [5.41, 5.74) is 5.81. The summed E-state index contributed by atoms with van der Waals surface area (Å²) in [5.74, 6) is 2.46. The van der Waals surface area contributed by atoms with Crippen molar-refractivity contribution in [1.82, 2.24) is 19.5 Å². The molecule has 1 atom stereocenters.